The van der Waals surface area contributed by atoms with Crippen molar-refractivity contribution in [3.8, 4) is 18.1 Å². The van der Waals surface area contributed by atoms with E-state index in [9.17, 15) is 0 Å². The van der Waals surface area contributed by atoms with E-state index in [1.165, 1.54) is 7.05 Å². The zero-order valence-electron chi connectivity index (χ0n) is 20.8. The molecule has 0 spiro atoms. The second-order valence-corrected chi connectivity index (χ2v) is 7.61. The fraction of sp³-hybridized carbons (Fsp3) is 0.207. The minimum absolute atomic E-state index is 0.814. The van der Waals surface area contributed by atoms with Crippen molar-refractivity contribution in [3.63, 3.8) is 0 Å². The molecule has 2 heterocycles. The van der Waals surface area contributed by atoms with Crippen LogP contribution >= 0.6 is 0 Å². The number of rotatable bonds is 3. The van der Waals surface area contributed by atoms with E-state index >= 15 is 0 Å². The van der Waals surface area contributed by atoms with Gasteiger partial charge in [-0.15, -0.1) is 6.42 Å². The quantitative estimate of drug-likeness (QED) is 0.512. The molecule has 0 unspecified atom stereocenters. The average molecular weight is 457 g/mol. The molecule has 176 valence electrons. The fourth-order valence-electron chi connectivity index (χ4n) is 3.75. The number of nitrogens with zero attached hydrogens (tertiary/aromatic N) is 2. The van der Waals surface area contributed by atoms with Crippen LogP contribution in [-0.4, -0.2) is 43.6 Å². The van der Waals surface area contributed by atoms with Crippen LogP contribution in [0.4, 0.5) is 11.4 Å². The molecule has 0 aromatic heterocycles. The van der Waals surface area contributed by atoms with Gasteiger partial charge in [0.2, 0.25) is 5.69 Å². The van der Waals surface area contributed by atoms with Gasteiger partial charge in [-0.2, -0.15) is 4.58 Å². The van der Waals surface area contributed by atoms with Gasteiger partial charge in [0.15, 0.2) is 11.4 Å². The van der Waals surface area contributed by atoms with Crippen molar-refractivity contribution in [2.75, 3.05) is 33.2 Å². The Labute approximate surface area is 203 Å². The number of para-hydroxylation sites is 1. The third kappa shape index (κ3) is 5.74. The van der Waals surface area contributed by atoms with Gasteiger partial charge in [-0.25, -0.2) is 0 Å². The summed E-state index contributed by atoms with van der Waals surface area (Å²) in [5, 5.41) is 7.00. The van der Waals surface area contributed by atoms with E-state index < -0.39 is 0 Å². The average Bonchev–Trinajstić information content (AvgIpc) is 3.17. The summed E-state index contributed by atoms with van der Waals surface area (Å²) in [6.07, 6.45) is 16.1. The molecule has 0 saturated heterocycles. The van der Waals surface area contributed by atoms with Crippen LogP contribution in [0.15, 0.2) is 83.8 Å². The Morgan fingerprint density at radius 1 is 1.03 bits per heavy atom. The molecule has 0 atom stereocenters. The molecular formula is C29H34N3O2+. The molecule has 0 amide bonds. The van der Waals surface area contributed by atoms with Crippen LogP contribution in [-0.2, 0) is 0 Å². The van der Waals surface area contributed by atoms with Crippen LogP contribution in [0.25, 0.3) is 6.08 Å². The summed E-state index contributed by atoms with van der Waals surface area (Å²) < 4.78 is 8.28. The molecule has 0 bridgehead atoms. The number of aliphatic hydroxyl groups excluding tert-OH is 1. The monoisotopic (exact) mass is 456 g/mol. The van der Waals surface area contributed by atoms with Crippen molar-refractivity contribution < 1.29 is 14.4 Å². The minimum Gasteiger partial charge on any atom is -0.457 e. The molecule has 5 heteroatoms. The topological polar surface area (TPSA) is 61.7 Å². The predicted molar refractivity (Wildman–Crippen MR) is 144 cm³/mol. The maximum absolute atomic E-state index is 7.00. The van der Waals surface area contributed by atoms with Gasteiger partial charge in [0, 0.05) is 64.0 Å². The second kappa shape index (κ2) is 12.4. The molecule has 4 rings (SSSR count). The lowest BCUT2D eigenvalue weighted by Gasteiger charge is -2.18. The van der Waals surface area contributed by atoms with Crippen molar-refractivity contribution in [2.24, 2.45) is 5.73 Å². The Bertz CT molecular complexity index is 1220. The van der Waals surface area contributed by atoms with Crippen LogP contribution in [0.3, 0.4) is 0 Å². The molecule has 2 aliphatic rings. The first-order chi connectivity index (χ1) is 16.5. The minimum atomic E-state index is 0.814. The van der Waals surface area contributed by atoms with Crippen LogP contribution < -0.4 is 15.4 Å². The van der Waals surface area contributed by atoms with E-state index in [1.807, 2.05) is 50.5 Å². The summed E-state index contributed by atoms with van der Waals surface area (Å²) >= 11 is 0. The first kappa shape index (κ1) is 26.4. The van der Waals surface area contributed by atoms with Gasteiger partial charge in [0.25, 0.3) is 0 Å². The molecule has 0 fully saturated rings. The number of hydrogen-bond acceptors (Lipinski definition) is 4. The normalized spacial score (nSPS) is 15.9. The lowest BCUT2D eigenvalue weighted by Crippen LogP contribution is -2.09. The van der Waals surface area contributed by atoms with Crippen LogP contribution in [0.1, 0.15) is 25.0 Å². The van der Waals surface area contributed by atoms with Crippen molar-refractivity contribution in [1.29, 1.82) is 0 Å². The molecule has 0 aliphatic carbocycles. The lowest BCUT2D eigenvalue weighted by atomic mass is 10.1. The van der Waals surface area contributed by atoms with Gasteiger partial charge in [0.1, 0.15) is 11.5 Å². The van der Waals surface area contributed by atoms with E-state index in [2.05, 4.69) is 71.4 Å². The van der Waals surface area contributed by atoms with Crippen LogP contribution in [0, 0.1) is 12.3 Å². The van der Waals surface area contributed by atoms with Gasteiger partial charge >= 0.3 is 0 Å². The maximum Gasteiger partial charge on any atom is 0.226 e. The van der Waals surface area contributed by atoms with E-state index in [1.54, 1.807) is 0 Å². The Balaban J connectivity index is 0.000000970. The molecular weight excluding hydrogens is 422 g/mol. The van der Waals surface area contributed by atoms with Gasteiger partial charge < -0.3 is 20.5 Å². The fourth-order valence-corrected chi connectivity index (χ4v) is 3.75. The molecule has 3 N–H and O–H groups in total. The number of terminal acetylenes is 1. The molecule has 2 aliphatic heterocycles. The highest BCUT2D eigenvalue weighted by Gasteiger charge is 2.27. The first-order valence-electron chi connectivity index (χ1n) is 11.0. The van der Waals surface area contributed by atoms with E-state index in [4.69, 9.17) is 16.3 Å². The highest BCUT2D eigenvalue weighted by atomic mass is 16.5. The molecule has 2 aromatic rings. The van der Waals surface area contributed by atoms with Crippen molar-refractivity contribution in [2.45, 2.75) is 13.8 Å². The highest BCUT2D eigenvalue weighted by Crippen LogP contribution is 2.31. The van der Waals surface area contributed by atoms with Crippen molar-refractivity contribution in [1.82, 2.24) is 0 Å². The third-order valence-corrected chi connectivity index (χ3v) is 5.36. The largest absolute Gasteiger partial charge is 0.457 e. The number of benzene rings is 2. The molecule has 0 saturated carbocycles. The number of anilines is 1. The first-order valence-corrected chi connectivity index (χ1v) is 11.0. The highest BCUT2D eigenvalue weighted by molar-refractivity contribution is 6.00. The number of ether oxygens (including phenoxy) is 1. The SMILES string of the molecule is C#Cc1ccccc1[N+]1=C(C)/C(=C/C=C2/C=Cc3cc(N(C)C)ccc3O2)C=C1C.CN.CO. The number of fused-ring (bicyclic) bond motifs is 1. The summed E-state index contributed by atoms with van der Waals surface area (Å²) in [6, 6.07) is 14.2. The number of hydrogen-bond donors (Lipinski definition) is 2. The number of allylic oxidation sites excluding steroid dienone is 6. The van der Waals surface area contributed by atoms with Gasteiger partial charge in [-0.05, 0) is 55.6 Å². The molecule has 34 heavy (non-hydrogen) atoms. The summed E-state index contributed by atoms with van der Waals surface area (Å²) in [5.41, 5.74) is 12.1. The van der Waals surface area contributed by atoms with Gasteiger partial charge in [-0.1, -0.05) is 18.1 Å². The standard InChI is InChI=1S/C27H25N2O.CH5N.CH4O/c1-6-21-9-7-8-10-26(21)29-19(2)17-22(20(29)3)11-14-25-15-12-23-18-24(28(4)5)13-16-27(23)30-25;2*1-2/h1,7-18H,2-5H3;2H2,1H3;2H,1H3/q+1;;/b22-11+,25-14-;;. The van der Waals surface area contributed by atoms with Crippen LogP contribution in [0.5, 0.6) is 5.75 Å². The zero-order valence-corrected chi connectivity index (χ0v) is 20.8. The number of nitrogens with two attached hydrogens (primary N) is 1. The predicted octanol–water partition coefficient (Wildman–Crippen LogP) is 4.86. The van der Waals surface area contributed by atoms with E-state index in [0.29, 0.717) is 0 Å². The summed E-state index contributed by atoms with van der Waals surface area (Å²) in [6.45, 7) is 4.21. The summed E-state index contributed by atoms with van der Waals surface area (Å²) in [5.74, 6) is 4.47. The van der Waals surface area contributed by atoms with E-state index in [0.717, 1.165) is 58.1 Å². The van der Waals surface area contributed by atoms with E-state index in [-0.39, 0.29) is 0 Å². The Morgan fingerprint density at radius 2 is 1.74 bits per heavy atom. The van der Waals surface area contributed by atoms with Crippen molar-refractivity contribution >= 4 is 23.2 Å². The molecule has 2 aromatic carbocycles. The zero-order chi connectivity index (χ0) is 25.3. The third-order valence-electron chi connectivity index (χ3n) is 5.36. The summed E-state index contributed by atoms with van der Waals surface area (Å²) in [4.78, 5) is 2.08. The number of aliphatic hydroxyl groups is 1. The van der Waals surface area contributed by atoms with Crippen LogP contribution in [0.2, 0.25) is 0 Å². The van der Waals surface area contributed by atoms with Gasteiger partial charge in [0.05, 0.1) is 5.56 Å². The Hall–Kier alpha value is -3.85. The molecule has 5 nitrogen and oxygen atoms in total. The van der Waals surface area contributed by atoms with Gasteiger partial charge in [-0.3, -0.25) is 0 Å². The molecule has 0 radical (unpaired) electrons. The maximum atomic E-state index is 7.00. The Morgan fingerprint density at radius 3 is 2.41 bits per heavy atom. The smallest absolute Gasteiger partial charge is 0.226 e. The lowest BCUT2D eigenvalue weighted by molar-refractivity contribution is -0.379. The van der Waals surface area contributed by atoms with Crippen molar-refractivity contribution in [3.05, 3.63) is 94.9 Å². The second-order valence-electron chi connectivity index (χ2n) is 7.61. The summed E-state index contributed by atoms with van der Waals surface area (Å²) in [7, 11) is 6.57. The Kier molecular flexibility index (Phi) is 9.63.